The lowest BCUT2D eigenvalue weighted by Crippen LogP contribution is -2.27. The van der Waals surface area contributed by atoms with E-state index in [4.69, 9.17) is 0 Å². The van der Waals surface area contributed by atoms with Crippen LogP contribution in [0.1, 0.15) is 27.2 Å². The molecule has 1 atom stereocenters. The van der Waals surface area contributed by atoms with Crippen LogP contribution in [0.15, 0.2) is 0 Å². The molecule has 0 amide bonds. The van der Waals surface area contributed by atoms with Crippen LogP contribution in [0, 0.1) is 0 Å². The number of rotatable bonds is 3. The molecule has 0 aliphatic carbocycles. The van der Waals surface area contributed by atoms with Gasteiger partial charge in [0.15, 0.2) is 6.10 Å². The highest BCUT2D eigenvalue weighted by Crippen LogP contribution is 1.96. The van der Waals surface area contributed by atoms with E-state index in [9.17, 15) is 14.4 Å². The number of carbonyl (C=O) groups is 3. The lowest BCUT2D eigenvalue weighted by Gasteiger charge is -2.09. The zero-order valence-corrected chi connectivity index (χ0v) is 7.83. The lowest BCUT2D eigenvalue weighted by molar-refractivity contribution is -0.172. The van der Waals surface area contributed by atoms with Crippen molar-refractivity contribution in [3.05, 3.63) is 0 Å². The van der Waals surface area contributed by atoms with E-state index >= 15 is 0 Å². The van der Waals surface area contributed by atoms with Crippen LogP contribution in [0.3, 0.4) is 0 Å². The Morgan fingerprint density at radius 1 is 1.31 bits per heavy atom. The van der Waals surface area contributed by atoms with Crippen molar-refractivity contribution in [2.24, 2.45) is 0 Å². The van der Waals surface area contributed by atoms with Crippen molar-refractivity contribution in [2.75, 3.05) is 0 Å². The summed E-state index contributed by atoms with van der Waals surface area (Å²) in [5.41, 5.74) is 0. The lowest BCUT2D eigenvalue weighted by atomic mass is 10.4. The zero-order valence-electron chi connectivity index (χ0n) is 7.83. The van der Waals surface area contributed by atoms with E-state index in [0.717, 1.165) is 0 Å². The topological polar surface area (TPSA) is 69.7 Å². The molecule has 74 valence electrons. The van der Waals surface area contributed by atoms with Gasteiger partial charge in [-0.1, -0.05) is 6.92 Å². The maximum Gasteiger partial charge on any atom is 0.354 e. The minimum absolute atomic E-state index is 0.110. The van der Waals surface area contributed by atoms with Gasteiger partial charge in [-0.15, -0.1) is 0 Å². The summed E-state index contributed by atoms with van der Waals surface area (Å²) < 4.78 is 8.80. The van der Waals surface area contributed by atoms with E-state index < -0.39 is 24.0 Å². The molecule has 0 aliphatic rings. The van der Waals surface area contributed by atoms with Crippen molar-refractivity contribution in [3.8, 4) is 0 Å². The molecule has 0 N–H and O–H groups in total. The maximum absolute atomic E-state index is 10.9. The highest BCUT2D eigenvalue weighted by molar-refractivity contribution is 5.88. The third kappa shape index (κ3) is 4.95. The Kier molecular flexibility index (Phi) is 4.72. The van der Waals surface area contributed by atoms with Crippen LogP contribution in [0.25, 0.3) is 0 Å². The number of esters is 3. The molecular formula is C8H12O5. The summed E-state index contributed by atoms with van der Waals surface area (Å²) in [7, 11) is 0. The first kappa shape index (κ1) is 11.6. The molecule has 0 spiro atoms. The summed E-state index contributed by atoms with van der Waals surface area (Å²) in [5.74, 6) is -2.07. The van der Waals surface area contributed by atoms with Crippen molar-refractivity contribution in [2.45, 2.75) is 33.3 Å². The normalized spacial score (nSPS) is 11.6. The van der Waals surface area contributed by atoms with Crippen LogP contribution in [0.2, 0.25) is 0 Å². The van der Waals surface area contributed by atoms with Gasteiger partial charge >= 0.3 is 17.9 Å². The Hall–Kier alpha value is -1.39. The molecule has 0 saturated carbocycles. The van der Waals surface area contributed by atoms with Crippen molar-refractivity contribution in [1.82, 2.24) is 0 Å². The minimum Gasteiger partial charge on any atom is -0.451 e. The van der Waals surface area contributed by atoms with Crippen LogP contribution in [0.4, 0.5) is 0 Å². The summed E-state index contributed by atoms with van der Waals surface area (Å²) >= 11 is 0. The number of hydrogen-bond acceptors (Lipinski definition) is 5. The Morgan fingerprint density at radius 3 is 2.23 bits per heavy atom. The Balaban J connectivity index is 3.96. The molecule has 0 aromatic rings. The van der Waals surface area contributed by atoms with Crippen LogP contribution < -0.4 is 0 Å². The molecule has 0 aliphatic heterocycles. The predicted molar refractivity (Wildman–Crippen MR) is 42.6 cm³/mol. The first-order valence-corrected chi connectivity index (χ1v) is 3.89. The molecule has 0 saturated heterocycles. The number of ether oxygens (including phenoxy) is 2. The van der Waals surface area contributed by atoms with Gasteiger partial charge in [-0.3, -0.25) is 9.59 Å². The third-order valence-corrected chi connectivity index (χ3v) is 1.18. The molecule has 13 heavy (non-hydrogen) atoms. The molecule has 0 rings (SSSR count). The SMILES string of the molecule is CCC(=O)OC(=O)C(C)OC(C)=O. The van der Waals surface area contributed by atoms with Gasteiger partial charge in [0.2, 0.25) is 0 Å². The molecule has 1 unspecified atom stereocenters. The first-order valence-electron chi connectivity index (χ1n) is 3.89. The third-order valence-electron chi connectivity index (χ3n) is 1.18. The van der Waals surface area contributed by atoms with Gasteiger partial charge in [-0.2, -0.15) is 0 Å². The predicted octanol–water partition coefficient (Wildman–Crippen LogP) is 0.418. The molecule has 0 bridgehead atoms. The van der Waals surface area contributed by atoms with Crippen molar-refractivity contribution in [1.29, 1.82) is 0 Å². The van der Waals surface area contributed by atoms with Gasteiger partial charge in [0.05, 0.1) is 0 Å². The molecular weight excluding hydrogens is 176 g/mol. The quantitative estimate of drug-likeness (QED) is 0.474. The Morgan fingerprint density at radius 2 is 1.85 bits per heavy atom. The largest absolute Gasteiger partial charge is 0.451 e. The molecule has 0 aromatic heterocycles. The van der Waals surface area contributed by atoms with Gasteiger partial charge in [0, 0.05) is 13.3 Å². The molecule has 0 aromatic carbocycles. The van der Waals surface area contributed by atoms with E-state index in [1.165, 1.54) is 13.8 Å². The fourth-order valence-electron chi connectivity index (χ4n) is 0.564. The van der Waals surface area contributed by atoms with Crippen LogP contribution in [-0.4, -0.2) is 24.0 Å². The molecule has 5 heteroatoms. The fraction of sp³-hybridized carbons (Fsp3) is 0.625. The van der Waals surface area contributed by atoms with Gasteiger partial charge in [-0.05, 0) is 6.92 Å². The summed E-state index contributed by atoms with van der Waals surface area (Å²) in [6.45, 7) is 4.07. The van der Waals surface area contributed by atoms with Gasteiger partial charge in [0.1, 0.15) is 0 Å². The zero-order chi connectivity index (χ0) is 10.4. The minimum atomic E-state index is -1.03. The van der Waals surface area contributed by atoms with E-state index in [2.05, 4.69) is 9.47 Å². The first-order chi connectivity index (χ1) is 5.97. The molecule has 0 radical (unpaired) electrons. The average molecular weight is 188 g/mol. The fourth-order valence-corrected chi connectivity index (χ4v) is 0.564. The van der Waals surface area contributed by atoms with Crippen LogP contribution in [-0.2, 0) is 23.9 Å². The number of carbonyl (C=O) groups excluding carboxylic acids is 3. The monoisotopic (exact) mass is 188 g/mol. The second-order valence-corrected chi connectivity index (χ2v) is 2.40. The van der Waals surface area contributed by atoms with Crippen LogP contribution in [0.5, 0.6) is 0 Å². The van der Waals surface area contributed by atoms with Crippen LogP contribution >= 0.6 is 0 Å². The Labute approximate surface area is 76.0 Å². The van der Waals surface area contributed by atoms with E-state index in [0.29, 0.717) is 0 Å². The highest BCUT2D eigenvalue weighted by Gasteiger charge is 2.19. The molecule has 0 fully saturated rings. The van der Waals surface area contributed by atoms with E-state index in [-0.39, 0.29) is 6.42 Å². The smallest absolute Gasteiger partial charge is 0.354 e. The van der Waals surface area contributed by atoms with Crippen molar-refractivity contribution >= 4 is 17.9 Å². The number of hydrogen-bond donors (Lipinski definition) is 0. The van der Waals surface area contributed by atoms with Crippen molar-refractivity contribution < 1.29 is 23.9 Å². The van der Waals surface area contributed by atoms with Crippen molar-refractivity contribution in [3.63, 3.8) is 0 Å². The van der Waals surface area contributed by atoms with E-state index in [1.54, 1.807) is 6.92 Å². The molecule has 0 heterocycles. The second kappa shape index (κ2) is 5.29. The highest BCUT2D eigenvalue weighted by atomic mass is 16.6. The van der Waals surface area contributed by atoms with Gasteiger partial charge in [-0.25, -0.2) is 4.79 Å². The summed E-state index contributed by atoms with van der Waals surface area (Å²) in [5, 5.41) is 0. The molecule has 5 nitrogen and oxygen atoms in total. The average Bonchev–Trinajstić information content (AvgIpc) is 2.02. The maximum atomic E-state index is 10.9. The summed E-state index contributed by atoms with van der Waals surface area (Å²) in [6.07, 6.45) is -0.925. The van der Waals surface area contributed by atoms with Gasteiger partial charge in [0.25, 0.3) is 0 Å². The van der Waals surface area contributed by atoms with Gasteiger partial charge < -0.3 is 9.47 Å². The summed E-state index contributed by atoms with van der Waals surface area (Å²) in [6, 6.07) is 0. The van der Waals surface area contributed by atoms with E-state index in [1.807, 2.05) is 0 Å². The second-order valence-electron chi connectivity index (χ2n) is 2.40. The Bertz CT molecular complexity index is 221. The summed E-state index contributed by atoms with van der Waals surface area (Å²) in [4.78, 5) is 32.0. The standard InChI is InChI=1S/C8H12O5/c1-4-7(10)13-8(11)5(2)12-6(3)9/h5H,4H2,1-3H3.